The minimum Gasteiger partial charge on any atom is -0.384 e. The molecule has 2 aromatic heterocycles. The van der Waals surface area contributed by atoms with Crippen LogP contribution in [0.15, 0.2) is 18.3 Å². The fourth-order valence-corrected chi connectivity index (χ4v) is 3.32. The molecule has 0 radical (unpaired) electrons. The van der Waals surface area contributed by atoms with Crippen LogP contribution in [0, 0.1) is 24.7 Å². The minimum absolute atomic E-state index is 0.0179. The lowest BCUT2D eigenvalue weighted by atomic mass is 9.95. The van der Waals surface area contributed by atoms with E-state index in [2.05, 4.69) is 37.0 Å². The highest BCUT2D eigenvalue weighted by Gasteiger charge is 2.27. The second-order valence-corrected chi connectivity index (χ2v) is 7.51. The number of nitrogens with zero attached hydrogens (tertiary/aromatic N) is 4. The Hall–Kier alpha value is -3.34. The zero-order valence-electron chi connectivity index (χ0n) is 17.1. The molecular weight excluding hydrogens is 366 g/mol. The predicted octanol–water partition coefficient (Wildman–Crippen LogP) is 1.49. The first kappa shape index (κ1) is 20.4. The third kappa shape index (κ3) is 5.13. The zero-order chi connectivity index (χ0) is 21.0. The molecule has 1 amide bonds. The van der Waals surface area contributed by atoms with Crippen molar-refractivity contribution < 1.29 is 4.79 Å². The lowest BCUT2D eigenvalue weighted by molar-refractivity contribution is -0.126. The Labute approximate surface area is 171 Å². The topological polar surface area (TPSA) is 123 Å². The molecule has 0 saturated carbocycles. The summed E-state index contributed by atoms with van der Waals surface area (Å²) in [7, 11) is 0. The van der Waals surface area contributed by atoms with Crippen LogP contribution in [0.25, 0.3) is 0 Å². The van der Waals surface area contributed by atoms with Gasteiger partial charge in [0, 0.05) is 36.8 Å². The van der Waals surface area contributed by atoms with Crippen molar-refractivity contribution >= 4 is 23.5 Å². The van der Waals surface area contributed by atoms with Crippen molar-refractivity contribution in [2.75, 3.05) is 29.5 Å². The van der Waals surface area contributed by atoms with Gasteiger partial charge in [0.2, 0.25) is 11.9 Å². The van der Waals surface area contributed by atoms with Gasteiger partial charge in [-0.1, -0.05) is 11.8 Å². The number of nitrogens with one attached hydrogen (secondary N) is 1. The van der Waals surface area contributed by atoms with Crippen LogP contribution in [0.4, 0.5) is 17.6 Å². The molecule has 152 valence electrons. The van der Waals surface area contributed by atoms with Crippen molar-refractivity contribution in [3.05, 3.63) is 35.2 Å². The molecule has 1 aliphatic heterocycles. The third-order valence-electron chi connectivity index (χ3n) is 4.80. The summed E-state index contributed by atoms with van der Waals surface area (Å²) in [4.78, 5) is 27.2. The monoisotopic (exact) mass is 393 g/mol. The van der Waals surface area contributed by atoms with Gasteiger partial charge in [-0.3, -0.25) is 4.79 Å². The molecule has 1 aliphatic rings. The van der Waals surface area contributed by atoms with Crippen molar-refractivity contribution in [2.24, 2.45) is 5.92 Å². The highest BCUT2D eigenvalue weighted by Crippen LogP contribution is 2.26. The molecular formula is C21H27N7O. The van der Waals surface area contributed by atoms with Gasteiger partial charge in [0.25, 0.3) is 0 Å². The summed E-state index contributed by atoms with van der Waals surface area (Å²) < 4.78 is 0. The van der Waals surface area contributed by atoms with Gasteiger partial charge in [0.15, 0.2) is 0 Å². The molecule has 1 fully saturated rings. The minimum atomic E-state index is 0.0179. The van der Waals surface area contributed by atoms with Gasteiger partial charge in [-0.2, -0.15) is 4.98 Å². The number of anilines is 3. The number of pyridine rings is 1. The van der Waals surface area contributed by atoms with E-state index in [4.69, 9.17) is 11.5 Å². The summed E-state index contributed by atoms with van der Waals surface area (Å²) in [6.07, 6.45) is 3.15. The van der Waals surface area contributed by atoms with Crippen LogP contribution in [0.5, 0.6) is 0 Å². The predicted molar refractivity (Wildman–Crippen MR) is 114 cm³/mol. The van der Waals surface area contributed by atoms with Gasteiger partial charge in [-0.15, -0.1) is 0 Å². The number of nitrogen functional groups attached to an aromatic ring is 2. The van der Waals surface area contributed by atoms with Gasteiger partial charge in [-0.25, -0.2) is 9.97 Å². The SMILES string of the molecule is Cc1nc(N)nc(N2CCC(C(=O)NC(C)C)CC2)c1C#Cc1ccc(N)nc1. The largest absolute Gasteiger partial charge is 0.384 e. The van der Waals surface area contributed by atoms with Crippen LogP contribution in [-0.2, 0) is 4.79 Å². The molecule has 0 unspecified atom stereocenters. The molecule has 0 spiro atoms. The Morgan fingerprint density at radius 3 is 2.55 bits per heavy atom. The first-order chi connectivity index (χ1) is 13.8. The van der Waals surface area contributed by atoms with Gasteiger partial charge in [-0.05, 0) is 45.7 Å². The summed E-state index contributed by atoms with van der Waals surface area (Å²) in [6, 6.07) is 3.68. The molecule has 0 atom stereocenters. The van der Waals surface area contributed by atoms with Gasteiger partial charge in [0.1, 0.15) is 11.6 Å². The third-order valence-corrected chi connectivity index (χ3v) is 4.80. The Bertz CT molecular complexity index is 936. The number of nitrogens with two attached hydrogens (primary N) is 2. The second-order valence-electron chi connectivity index (χ2n) is 7.51. The first-order valence-electron chi connectivity index (χ1n) is 9.76. The summed E-state index contributed by atoms with van der Waals surface area (Å²) in [5.41, 5.74) is 13.7. The van der Waals surface area contributed by atoms with Crippen LogP contribution < -0.4 is 21.7 Å². The van der Waals surface area contributed by atoms with Crippen molar-refractivity contribution in [1.29, 1.82) is 0 Å². The Morgan fingerprint density at radius 2 is 1.93 bits per heavy atom. The van der Waals surface area contributed by atoms with Crippen LogP contribution in [0.3, 0.4) is 0 Å². The molecule has 0 aromatic carbocycles. The lowest BCUT2D eigenvalue weighted by Gasteiger charge is -2.33. The normalized spacial score (nSPS) is 14.4. The Kier molecular flexibility index (Phi) is 6.17. The van der Waals surface area contributed by atoms with E-state index in [1.807, 2.05) is 26.8 Å². The van der Waals surface area contributed by atoms with E-state index in [0.29, 0.717) is 24.7 Å². The van der Waals surface area contributed by atoms with Crippen molar-refractivity contribution in [3.63, 3.8) is 0 Å². The Morgan fingerprint density at radius 1 is 1.21 bits per heavy atom. The van der Waals surface area contributed by atoms with E-state index in [-0.39, 0.29) is 23.8 Å². The number of piperidine rings is 1. The molecule has 29 heavy (non-hydrogen) atoms. The van der Waals surface area contributed by atoms with Crippen molar-refractivity contribution in [3.8, 4) is 11.8 Å². The quantitative estimate of drug-likeness (QED) is 0.675. The summed E-state index contributed by atoms with van der Waals surface area (Å²) in [5.74, 6) is 7.79. The maximum absolute atomic E-state index is 12.3. The maximum atomic E-state index is 12.3. The fourth-order valence-electron chi connectivity index (χ4n) is 3.32. The zero-order valence-corrected chi connectivity index (χ0v) is 17.1. The number of aromatic nitrogens is 3. The van der Waals surface area contributed by atoms with Crippen LogP contribution in [-0.4, -0.2) is 40.0 Å². The highest BCUT2D eigenvalue weighted by molar-refractivity contribution is 5.79. The highest BCUT2D eigenvalue weighted by atomic mass is 16.1. The summed E-state index contributed by atoms with van der Waals surface area (Å²) >= 11 is 0. The average molecular weight is 393 g/mol. The lowest BCUT2D eigenvalue weighted by Crippen LogP contribution is -2.43. The van der Waals surface area contributed by atoms with E-state index in [1.165, 1.54) is 0 Å². The second kappa shape index (κ2) is 8.78. The Balaban J connectivity index is 1.81. The molecule has 2 aromatic rings. The van der Waals surface area contributed by atoms with E-state index >= 15 is 0 Å². The van der Waals surface area contributed by atoms with Gasteiger partial charge >= 0.3 is 0 Å². The molecule has 5 N–H and O–H groups in total. The van der Waals surface area contributed by atoms with Gasteiger partial charge < -0.3 is 21.7 Å². The maximum Gasteiger partial charge on any atom is 0.223 e. The molecule has 8 nitrogen and oxygen atoms in total. The fraction of sp³-hybridized carbons (Fsp3) is 0.429. The van der Waals surface area contributed by atoms with Crippen LogP contribution in [0.2, 0.25) is 0 Å². The number of carbonyl (C=O) groups is 1. The van der Waals surface area contributed by atoms with Crippen LogP contribution >= 0.6 is 0 Å². The average Bonchev–Trinajstić information content (AvgIpc) is 2.67. The number of carbonyl (C=O) groups excluding carboxylic acids is 1. The van der Waals surface area contributed by atoms with Crippen LogP contribution in [0.1, 0.15) is 43.5 Å². The van der Waals surface area contributed by atoms with E-state index in [9.17, 15) is 4.79 Å². The molecule has 3 rings (SSSR count). The number of aryl methyl sites for hydroxylation is 1. The summed E-state index contributed by atoms with van der Waals surface area (Å²) in [6.45, 7) is 7.24. The number of hydrogen-bond donors (Lipinski definition) is 3. The summed E-state index contributed by atoms with van der Waals surface area (Å²) in [5, 5.41) is 3.00. The van der Waals surface area contributed by atoms with Crippen molar-refractivity contribution in [2.45, 2.75) is 39.7 Å². The number of amides is 1. The molecule has 0 aliphatic carbocycles. The standard InChI is InChI=1S/C21H27N7O/c1-13(2)25-20(29)16-8-10-28(11-9-16)19-17(14(3)26-21(23)27-19)6-4-15-5-7-18(22)24-12-15/h5,7,12-13,16H,8-11H2,1-3H3,(H2,22,24)(H,25,29)(H2,23,26,27). The first-order valence-corrected chi connectivity index (χ1v) is 9.76. The molecule has 3 heterocycles. The van der Waals surface area contributed by atoms with E-state index in [1.54, 1.807) is 12.3 Å². The van der Waals surface area contributed by atoms with E-state index in [0.717, 1.165) is 29.7 Å². The smallest absolute Gasteiger partial charge is 0.223 e. The number of rotatable bonds is 3. The molecule has 0 bridgehead atoms. The molecule has 1 saturated heterocycles. The molecule has 8 heteroatoms. The van der Waals surface area contributed by atoms with Gasteiger partial charge in [0.05, 0.1) is 11.3 Å². The van der Waals surface area contributed by atoms with E-state index < -0.39 is 0 Å². The number of hydrogen-bond acceptors (Lipinski definition) is 7. The van der Waals surface area contributed by atoms with Crippen molar-refractivity contribution in [1.82, 2.24) is 20.3 Å².